The monoisotopic (exact) mass is 572 g/mol. The number of phenols is 1. The summed E-state index contributed by atoms with van der Waals surface area (Å²) in [6.07, 6.45) is 1.91. The Hall–Kier alpha value is -3.55. The molecule has 1 heterocycles. The maximum absolute atomic E-state index is 15.5. The Balaban J connectivity index is 1.54. The van der Waals surface area contributed by atoms with Crippen molar-refractivity contribution in [1.82, 2.24) is 9.80 Å². The number of likely N-dealkylation sites (tertiary alicyclic amines) is 1. The predicted molar refractivity (Wildman–Crippen MR) is 140 cm³/mol. The van der Waals surface area contributed by atoms with Gasteiger partial charge in [-0.25, -0.2) is 4.39 Å². The number of Topliss-reactive ketones (excluding diaryl/α,β-unsaturated/α-hetero) is 4. The number of nitrogens with two attached hydrogens (primary N) is 1. The van der Waals surface area contributed by atoms with Gasteiger partial charge in [0.1, 0.15) is 11.6 Å². The number of aliphatic hydroxyl groups is 1. The van der Waals surface area contributed by atoms with E-state index >= 15 is 4.39 Å². The van der Waals surface area contributed by atoms with Crippen molar-refractivity contribution in [2.45, 2.75) is 49.8 Å². The molecule has 0 aromatic heterocycles. The first-order chi connectivity index (χ1) is 19.2. The minimum atomic E-state index is -2.87. The number of piperidine rings is 1. The normalized spacial score (nSPS) is 33.7. The molecular weight excluding hydrogens is 539 g/mol. The first-order valence-electron chi connectivity index (χ1n) is 13.6. The van der Waals surface area contributed by atoms with Crippen LogP contribution in [0.15, 0.2) is 6.07 Å². The van der Waals surface area contributed by atoms with Gasteiger partial charge in [-0.15, -0.1) is 0 Å². The van der Waals surface area contributed by atoms with Gasteiger partial charge in [-0.1, -0.05) is 6.42 Å². The molecule has 5 N–H and O–H groups in total. The SMILES string of the molecule is CN(C)[C@@H]1C(=O)C(C(N)=O)C(=O)[C@@]2(O)C(=O)C3C(=O)c4c(O)c(NC(=O)[C@@H]5CCCCN5C)cc(F)c4C[C@H]3C[C@@H]12. The van der Waals surface area contributed by atoms with Gasteiger partial charge in [0.2, 0.25) is 11.8 Å². The lowest BCUT2D eigenvalue weighted by atomic mass is 9.52. The molecule has 0 bridgehead atoms. The van der Waals surface area contributed by atoms with Crippen LogP contribution in [-0.4, -0.2) is 100 Å². The third-order valence-corrected chi connectivity index (χ3v) is 9.34. The van der Waals surface area contributed by atoms with Crippen molar-refractivity contribution in [2.75, 3.05) is 33.0 Å². The summed E-state index contributed by atoms with van der Waals surface area (Å²) in [7, 11) is 4.73. The van der Waals surface area contributed by atoms with Crippen LogP contribution in [-0.2, 0) is 30.4 Å². The zero-order chi connectivity index (χ0) is 30.1. The fourth-order valence-electron chi connectivity index (χ4n) is 7.34. The minimum absolute atomic E-state index is 0.162. The number of anilines is 1. The lowest BCUT2D eigenvalue weighted by Gasteiger charge is -2.52. The van der Waals surface area contributed by atoms with E-state index in [1.165, 1.54) is 19.0 Å². The summed E-state index contributed by atoms with van der Waals surface area (Å²) in [5.74, 6) is -13.8. The van der Waals surface area contributed by atoms with Crippen molar-refractivity contribution < 1.29 is 43.4 Å². The Kier molecular flexibility index (Phi) is 7.11. The fourth-order valence-corrected chi connectivity index (χ4v) is 7.34. The molecule has 220 valence electrons. The average Bonchev–Trinajstić information content (AvgIpc) is 2.89. The maximum atomic E-state index is 15.5. The highest BCUT2D eigenvalue weighted by molar-refractivity contribution is 6.32. The maximum Gasteiger partial charge on any atom is 0.241 e. The summed E-state index contributed by atoms with van der Waals surface area (Å²) < 4.78 is 15.5. The summed E-state index contributed by atoms with van der Waals surface area (Å²) in [5, 5.41) is 25.2. The number of carbonyl (C=O) groups excluding carboxylic acids is 6. The number of fused-ring (bicyclic) bond motifs is 3. The van der Waals surface area contributed by atoms with Gasteiger partial charge >= 0.3 is 0 Å². The molecule has 1 saturated heterocycles. The van der Waals surface area contributed by atoms with E-state index < -0.39 is 93.4 Å². The van der Waals surface area contributed by atoms with Crippen molar-refractivity contribution in [2.24, 2.45) is 29.4 Å². The molecule has 7 atom stereocenters. The van der Waals surface area contributed by atoms with Crippen molar-refractivity contribution in [3.63, 3.8) is 0 Å². The van der Waals surface area contributed by atoms with Crippen LogP contribution in [0.3, 0.4) is 0 Å². The summed E-state index contributed by atoms with van der Waals surface area (Å²) in [5.41, 5.74) is 1.43. The van der Waals surface area contributed by atoms with Gasteiger partial charge in [-0.05, 0) is 59.3 Å². The van der Waals surface area contributed by atoms with E-state index in [0.29, 0.717) is 13.0 Å². The molecule has 1 aromatic carbocycles. The second kappa shape index (κ2) is 10.1. The number of nitrogens with one attached hydrogen (secondary N) is 1. The van der Waals surface area contributed by atoms with Crippen LogP contribution in [0.4, 0.5) is 10.1 Å². The lowest BCUT2D eigenvalue weighted by molar-refractivity contribution is -0.181. The molecular formula is C28H33FN4O8. The molecule has 2 amide bonds. The van der Waals surface area contributed by atoms with Gasteiger partial charge in [0, 0.05) is 17.5 Å². The number of rotatable bonds is 4. The smallest absolute Gasteiger partial charge is 0.241 e. The zero-order valence-corrected chi connectivity index (χ0v) is 23.0. The predicted octanol–water partition coefficient (Wildman–Crippen LogP) is -0.571. The van der Waals surface area contributed by atoms with E-state index in [2.05, 4.69) is 5.32 Å². The molecule has 2 saturated carbocycles. The Morgan fingerprint density at radius 1 is 1.17 bits per heavy atom. The molecule has 41 heavy (non-hydrogen) atoms. The van der Waals surface area contributed by atoms with Gasteiger partial charge in [0.05, 0.1) is 29.3 Å². The van der Waals surface area contributed by atoms with Gasteiger partial charge in [0.15, 0.2) is 34.7 Å². The van der Waals surface area contributed by atoms with E-state index in [0.717, 1.165) is 18.9 Å². The zero-order valence-electron chi connectivity index (χ0n) is 23.0. The highest BCUT2D eigenvalue weighted by atomic mass is 19.1. The third kappa shape index (κ3) is 4.20. The number of halogens is 1. The number of likely N-dealkylation sites (N-methyl/N-ethyl adjacent to an activating group) is 2. The number of ketones is 4. The van der Waals surface area contributed by atoms with Gasteiger partial charge < -0.3 is 21.3 Å². The lowest BCUT2D eigenvalue weighted by Crippen LogP contribution is -2.74. The number of phenolic OH excluding ortho intramolecular Hbond substituents is 1. The molecule has 5 rings (SSSR count). The minimum Gasteiger partial charge on any atom is -0.505 e. The number of carbonyl (C=O) groups is 6. The number of aromatic hydroxyl groups is 1. The number of nitrogens with zero attached hydrogens (tertiary/aromatic N) is 2. The van der Waals surface area contributed by atoms with E-state index in [9.17, 15) is 39.0 Å². The molecule has 4 aliphatic rings. The highest BCUT2D eigenvalue weighted by Gasteiger charge is 2.69. The number of primary amides is 1. The molecule has 0 radical (unpaired) electrons. The second-order valence-electron chi connectivity index (χ2n) is 11.9. The largest absolute Gasteiger partial charge is 0.505 e. The molecule has 1 aliphatic heterocycles. The Labute approximate surface area is 235 Å². The molecule has 3 aliphatic carbocycles. The molecule has 3 fully saturated rings. The molecule has 1 aromatic rings. The molecule has 13 heteroatoms. The van der Waals surface area contributed by atoms with E-state index in [1.54, 1.807) is 7.05 Å². The van der Waals surface area contributed by atoms with Gasteiger partial charge in [-0.3, -0.25) is 38.6 Å². The second-order valence-corrected chi connectivity index (χ2v) is 11.9. The Bertz CT molecular complexity index is 1400. The fraction of sp³-hybridized carbons (Fsp3) is 0.571. The number of benzene rings is 1. The van der Waals surface area contributed by atoms with Crippen molar-refractivity contribution in [3.8, 4) is 5.75 Å². The van der Waals surface area contributed by atoms with Crippen molar-refractivity contribution >= 4 is 40.6 Å². The number of hydrogen-bond acceptors (Lipinski definition) is 10. The topological polar surface area (TPSA) is 187 Å². The van der Waals surface area contributed by atoms with Crippen LogP contribution >= 0.6 is 0 Å². The van der Waals surface area contributed by atoms with Crippen molar-refractivity contribution in [3.05, 3.63) is 23.0 Å². The average molecular weight is 573 g/mol. The Morgan fingerprint density at radius 3 is 2.46 bits per heavy atom. The van der Waals surface area contributed by atoms with Gasteiger partial charge in [-0.2, -0.15) is 0 Å². The summed E-state index contributed by atoms with van der Waals surface area (Å²) in [6.45, 7) is 0.686. The molecule has 2 unspecified atom stereocenters. The van der Waals surface area contributed by atoms with Crippen LogP contribution in [0.2, 0.25) is 0 Å². The van der Waals surface area contributed by atoms with Crippen LogP contribution in [0.1, 0.15) is 41.6 Å². The van der Waals surface area contributed by atoms with E-state index in [4.69, 9.17) is 5.73 Å². The summed E-state index contributed by atoms with van der Waals surface area (Å²) >= 11 is 0. The van der Waals surface area contributed by atoms with Crippen LogP contribution in [0, 0.1) is 29.5 Å². The summed E-state index contributed by atoms with van der Waals surface area (Å²) in [6, 6.07) is -0.835. The van der Waals surface area contributed by atoms with Gasteiger partial charge in [0.25, 0.3) is 0 Å². The van der Waals surface area contributed by atoms with Crippen molar-refractivity contribution in [1.29, 1.82) is 0 Å². The first-order valence-corrected chi connectivity index (χ1v) is 13.6. The van der Waals surface area contributed by atoms with E-state index in [1.807, 2.05) is 4.90 Å². The van der Waals surface area contributed by atoms with Crippen LogP contribution in [0.5, 0.6) is 5.75 Å². The quantitative estimate of drug-likeness (QED) is 0.269. The third-order valence-electron chi connectivity index (χ3n) is 9.34. The van der Waals surface area contributed by atoms with E-state index in [-0.39, 0.29) is 24.1 Å². The number of amides is 2. The Morgan fingerprint density at radius 2 is 1.85 bits per heavy atom. The summed E-state index contributed by atoms with van der Waals surface area (Å²) in [4.78, 5) is 82.3. The van der Waals surface area contributed by atoms with Crippen LogP contribution in [0.25, 0.3) is 0 Å². The van der Waals surface area contributed by atoms with Crippen LogP contribution < -0.4 is 11.1 Å². The number of hydrogen-bond donors (Lipinski definition) is 4. The highest BCUT2D eigenvalue weighted by Crippen LogP contribution is 2.51. The molecule has 12 nitrogen and oxygen atoms in total. The first kappa shape index (κ1) is 29.0. The standard InChI is InChI=1S/C28H33FN4O8/c1-32(2)20-13-9-11-8-12-14(29)10-15(31-27(40)16-6-4-5-7-33(16)3)21(34)18(12)22(35)17(11)24(37)28(13,41)25(38)19(23(20)36)26(30)39/h10-11,13,16-17,19-20,34,41H,4-9H2,1-3H3,(H2,30,39)(H,31,40)/t11-,13-,16-,17?,19?,20-,28-/m0/s1. The molecule has 0 spiro atoms.